The number of carbonyl (C=O) groups excluding carboxylic acids is 1. The minimum Gasteiger partial charge on any atom is -0.365 e. The Labute approximate surface area is 125 Å². The third-order valence-electron chi connectivity index (χ3n) is 3.85. The van der Waals surface area contributed by atoms with Gasteiger partial charge < -0.3 is 15.1 Å². The fourth-order valence-electron chi connectivity index (χ4n) is 2.70. The van der Waals surface area contributed by atoms with Crippen molar-refractivity contribution in [3.05, 3.63) is 29.6 Å². The third kappa shape index (κ3) is 3.94. The van der Waals surface area contributed by atoms with Crippen LogP contribution < -0.4 is 10.2 Å². The quantitative estimate of drug-likeness (QED) is 0.843. The summed E-state index contributed by atoms with van der Waals surface area (Å²) in [5.41, 5.74) is 1.67. The molecule has 0 radical (unpaired) electrons. The van der Waals surface area contributed by atoms with Crippen molar-refractivity contribution >= 4 is 11.6 Å². The number of nitrogens with one attached hydrogen (secondary N) is 1. The van der Waals surface area contributed by atoms with Gasteiger partial charge in [-0.15, -0.1) is 0 Å². The van der Waals surface area contributed by atoms with Crippen LogP contribution in [-0.4, -0.2) is 43.5 Å². The van der Waals surface area contributed by atoms with Gasteiger partial charge in [0.25, 0.3) is 0 Å². The maximum Gasteiger partial charge on any atom is 0.219 e. The second-order valence-corrected chi connectivity index (χ2v) is 5.42. The van der Waals surface area contributed by atoms with E-state index in [1.807, 2.05) is 11.0 Å². The summed E-state index contributed by atoms with van der Waals surface area (Å²) < 4.78 is 14.2. The molecule has 1 N–H and O–H groups in total. The zero-order chi connectivity index (χ0) is 15.2. The molecule has 21 heavy (non-hydrogen) atoms. The van der Waals surface area contributed by atoms with Gasteiger partial charge in [-0.1, -0.05) is 19.1 Å². The highest BCUT2D eigenvalue weighted by Crippen LogP contribution is 2.25. The lowest BCUT2D eigenvalue weighted by atomic mass is 10.1. The lowest BCUT2D eigenvalue weighted by Gasteiger charge is -2.36. The lowest BCUT2D eigenvalue weighted by molar-refractivity contribution is -0.129. The van der Waals surface area contributed by atoms with Gasteiger partial charge in [0.05, 0.1) is 5.69 Å². The molecular formula is C16H24FN3O. The van der Waals surface area contributed by atoms with E-state index in [0.29, 0.717) is 38.4 Å². The Hall–Kier alpha value is -1.62. The van der Waals surface area contributed by atoms with Crippen molar-refractivity contribution in [3.63, 3.8) is 0 Å². The normalized spacial score (nSPS) is 15.4. The first-order valence-electron chi connectivity index (χ1n) is 7.62. The topological polar surface area (TPSA) is 35.6 Å². The van der Waals surface area contributed by atoms with E-state index in [-0.39, 0.29) is 11.7 Å². The smallest absolute Gasteiger partial charge is 0.219 e. The van der Waals surface area contributed by atoms with Crippen molar-refractivity contribution in [1.29, 1.82) is 0 Å². The standard InChI is InChI=1S/C16H24FN3O/c1-3-7-18-12-14-5-4-6-15(17)16(14)20-10-8-19(9-11-20)13(2)21/h4-6,18H,3,7-12H2,1-2H3. The number of para-hydroxylation sites is 1. The van der Waals surface area contributed by atoms with Gasteiger partial charge in [0.1, 0.15) is 5.82 Å². The first kappa shape index (κ1) is 15.8. The second kappa shape index (κ2) is 7.41. The number of benzene rings is 1. The first-order chi connectivity index (χ1) is 10.1. The molecule has 1 aliphatic heterocycles. The summed E-state index contributed by atoms with van der Waals surface area (Å²) in [4.78, 5) is 15.2. The van der Waals surface area contributed by atoms with Gasteiger partial charge in [-0.05, 0) is 24.6 Å². The monoisotopic (exact) mass is 293 g/mol. The molecule has 0 bridgehead atoms. The van der Waals surface area contributed by atoms with E-state index >= 15 is 0 Å². The minimum absolute atomic E-state index is 0.0908. The molecule has 1 saturated heterocycles. The highest BCUT2D eigenvalue weighted by molar-refractivity contribution is 5.73. The number of carbonyl (C=O) groups is 1. The average molecular weight is 293 g/mol. The van der Waals surface area contributed by atoms with Crippen molar-refractivity contribution in [3.8, 4) is 0 Å². The molecular weight excluding hydrogens is 269 g/mol. The van der Waals surface area contributed by atoms with Crippen molar-refractivity contribution in [1.82, 2.24) is 10.2 Å². The molecule has 0 aliphatic carbocycles. The van der Waals surface area contributed by atoms with E-state index in [4.69, 9.17) is 0 Å². The number of hydrogen-bond donors (Lipinski definition) is 1. The molecule has 0 unspecified atom stereocenters. The highest BCUT2D eigenvalue weighted by Gasteiger charge is 2.22. The van der Waals surface area contributed by atoms with Gasteiger partial charge in [-0.3, -0.25) is 4.79 Å². The first-order valence-corrected chi connectivity index (χ1v) is 7.62. The zero-order valence-electron chi connectivity index (χ0n) is 12.9. The van der Waals surface area contributed by atoms with Gasteiger partial charge in [-0.25, -0.2) is 4.39 Å². The number of hydrogen-bond acceptors (Lipinski definition) is 3. The summed E-state index contributed by atoms with van der Waals surface area (Å²) in [6.45, 7) is 7.97. The van der Waals surface area contributed by atoms with E-state index in [1.165, 1.54) is 6.07 Å². The van der Waals surface area contributed by atoms with E-state index in [0.717, 1.165) is 18.5 Å². The summed E-state index contributed by atoms with van der Waals surface area (Å²) in [5, 5.41) is 3.33. The summed E-state index contributed by atoms with van der Waals surface area (Å²) in [7, 11) is 0. The van der Waals surface area contributed by atoms with Gasteiger partial charge in [0.15, 0.2) is 0 Å². The summed E-state index contributed by atoms with van der Waals surface area (Å²) in [6, 6.07) is 5.24. The summed E-state index contributed by atoms with van der Waals surface area (Å²) in [5.74, 6) is -0.0879. The van der Waals surface area contributed by atoms with Crippen LogP contribution in [0.2, 0.25) is 0 Å². The largest absolute Gasteiger partial charge is 0.365 e. The number of amides is 1. The van der Waals surface area contributed by atoms with Gasteiger partial charge in [0, 0.05) is 39.6 Å². The molecule has 0 atom stereocenters. The molecule has 1 aliphatic rings. The Kier molecular flexibility index (Phi) is 5.56. The third-order valence-corrected chi connectivity index (χ3v) is 3.85. The van der Waals surface area contributed by atoms with Crippen molar-refractivity contribution in [2.75, 3.05) is 37.6 Å². The Morgan fingerprint density at radius 1 is 1.29 bits per heavy atom. The van der Waals surface area contributed by atoms with Crippen LogP contribution in [0, 0.1) is 5.82 Å². The Morgan fingerprint density at radius 3 is 2.62 bits per heavy atom. The predicted molar refractivity (Wildman–Crippen MR) is 82.9 cm³/mol. The number of halogens is 1. The fraction of sp³-hybridized carbons (Fsp3) is 0.562. The number of anilines is 1. The van der Waals surface area contributed by atoms with Gasteiger partial charge in [-0.2, -0.15) is 0 Å². The van der Waals surface area contributed by atoms with Crippen LogP contribution >= 0.6 is 0 Å². The maximum atomic E-state index is 14.2. The summed E-state index contributed by atoms with van der Waals surface area (Å²) in [6.07, 6.45) is 1.06. The predicted octanol–water partition coefficient (Wildman–Crippen LogP) is 1.99. The van der Waals surface area contributed by atoms with E-state index in [9.17, 15) is 9.18 Å². The molecule has 0 spiro atoms. The summed E-state index contributed by atoms with van der Waals surface area (Å²) >= 11 is 0. The number of nitrogens with zero attached hydrogens (tertiary/aromatic N) is 2. The van der Waals surface area contributed by atoms with Crippen LogP contribution in [0.25, 0.3) is 0 Å². The number of rotatable bonds is 5. The minimum atomic E-state index is -0.179. The fourth-order valence-corrected chi connectivity index (χ4v) is 2.70. The SMILES string of the molecule is CCCNCc1cccc(F)c1N1CCN(C(C)=O)CC1. The molecule has 116 valence electrons. The molecule has 4 nitrogen and oxygen atoms in total. The zero-order valence-corrected chi connectivity index (χ0v) is 12.9. The molecule has 1 aromatic rings. The van der Waals surface area contributed by atoms with Crippen LogP contribution in [0.4, 0.5) is 10.1 Å². The lowest BCUT2D eigenvalue weighted by Crippen LogP contribution is -2.48. The molecule has 1 fully saturated rings. The van der Waals surface area contributed by atoms with Gasteiger partial charge in [0.2, 0.25) is 5.91 Å². The van der Waals surface area contributed by atoms with E-state index < -0.39 is 0 Å². The van der Waals surface area contributed by atoms with E-state index in [1.54, 1.807) is 13.0 Å². The van der Waals surface area contributed by atoms with Crippen molar-refractivity contribution < 1.29 is 9.18 Å². The second-order valence-electron chi connectivity index (χ2n) is 5.42. The maximum absolute atomic E-state index is 14.2. The van der Waals surface area contributed by atoms with E-state index in [2.05, 4.69) is 17.1 Å². The Bertz CT molecular complexity index is 484. The number of piperazine rings is 1. The van der Waals surface area contributed by atoms with Crippen LogP contribution in [0.5, 0.6) is 0 Å². The average Bonchev–Trinajstić information content (AvgIpc) is 2.48. The Morgan fingerprint density at radius 2 is 2.00 bits per heavy atom. The molecule has 1 amide bonds. The van der Waals surface area contributed by atoms with Crippen LogP contribution in [0.3, 0.4) is 0 Å². The van der Waals surface area contributed by atoms with Gasteiger partial charge >= 0.3 is 0 Å². The van der Waals surface area contributed by atoms with Crippen LogP contribution in [0.1, 0.15) is 25.8 Å². The molecule has 0 saturated carbocycles. The molecule has 1 heterocycles. The molecule has 5 heteroatoms. The van der Waals surface area contributed by atoms with Crippen LogP contribution in [-0.2, 0) is 11.3 Å². The molecule has 1 aromatic carbocycles. The van der Waals surface area contributed by atoms with Crippen molar-refractivity contribution in [2.24, 2.45) is 0 Å². The van der Waals surface area contributed by atoms with Crippen molar-refractivity contribution in [2.45, 2.75) is 26.8 Å². The molecule has 2 rings (SSSR count). The van der Waals surface area contributed by atoms with Crippen LogP contribution in [0.15, 0.2) is 18.2 Å². The highest BCUT2D eigenvalue weighted by atomic mass is 19.1. The Balaban J connectivity index is 2.10. The molecule has 0 aromatic heterocycles.